The largest absolute Gasteiger partial charge is 0.326 e. The van der Waals surface area contributed by atoms with Gasteiger partial charge in [0.2, 0.25) is 5.91 Å². The number of thiocyanates is 1. The highest BCUT2D eigenvalue weighted by molar-refractivity contribution is 8.03. The lowest BCUT2D eigenvalue weighted by atomic mass is 10.1. The van der Waals surface area contributed by atoms with E-state index in [4.69, 9.17) is 63.3 Å². The fourth-order valence-electron chi connectivity index (χ4n) is 3.68. The third-order valence-corrected chi connectivity index (χ3v) is 7.64. The number of thioether (sulfide) groups is 1. The number of halogens is 5. The van der Waals surface area contributed by atoms with E-state index in [1.54, 1.807) is 48.5 Å². The third-order valence-electron chi connectivity index (χ3n) is 5.33. The molecule has 0 bridgehead atoms. The molecule has 11 heteroatoms. The van der Waals surface area contributed by atoms with Crippen LogP contribution < -0.4 is 10.6 Å². The van der Waals surface area contributed by atoms with Gasteiger partial charge in [0.1, 0.15) is 9.73 Å². The van der Waals surface area contributed by atoms with Crippen molar-refractivity contribution < 1.29 is 9.59 Å². The fourth-order valence-corrected chi connectivity index (χ4v) is 5.63. The second-order valence-electron chi connectivity index (χ2n) is 7.69. The van der Waals surface area contributed by atoms with Crippen LogP contribution in [-0.4, -0.2) is 16.1 Å². The lowest BCUT2D eigenvalue weighted by Gasteiger charge is -2.10. The Bertz CT molecular complexity index is 1340. The smallest absolute Gasteiger partial charge is 0.257 e. The minimum absolute atomic E-state index is 0.164. The number of anilines is 2. The molecule has 1 saturated carbocycles. The molecule has 3 aromatic carbocycles. The van der Waals surface area contributed by atoms with E-state index in [0.29, 0.717) is 27.0 Å². The number of carbonyl (C=O) groups is 2. The van der Waals surface area contributed by atoms with E-state index >= 15 is 0 Å². The zero-order valence-corrected chi connectivity index (χ0v) is 22.1. The van der Waals surface area contributed by atoms with E-state index in [0.717, 1.165) is 16.7 Å². The van der Waals surface area contributed by atoms with Crippen molar-refractivity contribution in [3.63, 3.8) is 0 Å². The molecule has 1 fully saturated rings. The molecular weight excluding hydrogens is 572 g/mol. The van der Waals surface area contributed by atoms with Gasteiger partial charge >= 0.3 is 0 Å². The molecule has 0 saturated heterocycles. The first-order chi connectivity index (χ1) is 16.6. The van der Waals surface area contributed by atoms with Gasteiger partial charge in [0.25, 0.3) is 5.91 Å². The minimum Gasteiger partial charge on any atom is -0.326 e. The highest BCUT2D eigenvalue weighted by atomic mass is 35.5. The van der Waals surface area contributed by atoms with Crippen LogP contribution in [0.4, 0.5) is 11.4 Å². The molecule has 2 atom stereocenters. The van der Waals surface area contributed by atoms with Crippen molar-refractivity contribution in [3.05, 3.63) is 86.9 Å². The van der Waals surface area contributed by atoms with Gasteiger partial charge in [-0.3, -0.25) is 9.59 Å². The fraction of sp³-hybridized carbons (Fsp3) is 0.125. The maximum Gasteiger partial charge on any atom is 0.257 e. The molecule has 0 aromatic heterocycles. The first-order valence-electron chi connectivity index (χ1n) is 10.0. The Kier molecular flexibility index (Phi) is 7.77. The molecule has 1 aliphatic carbocycles. The van der Waals surface area contributed by atoms with Crippen LogP contribution in [-0.2, 0) is 4.79 Å². The molecule has 0 aliphatic heterocycles. The van der Waals surface area contributed by atoms with E-state index < -0.39 is 28.0 Å². The summed E-state index contributed by atoms with van der Waals surface area (Å²) in [4.78, 5) is 26.5. The SMILES string of the molecule is N#CSc1ccc(NC(=O)c2cc(NC(=O)[C@H]3[C@H](c4cc(Cl)cc(Cl)c4)C3(Cl)Cl)ccc2Cl)cc1. The number of hydrogen-bond acceptors (Lipinski definition) is 4. The van der Waals surface area contributed by atoms with E-state index in [2.05, 4.69) is 10.6 Å². The van der Waals surface area contributed by atoms with E-state index in [9.17, 15) is 9.59 Å². The zero-order chi connectivity index (χ0) is 25.3. The molecule has 4 rings (SSSR count). The topological polar surface area (TPSA) is 82.0 Å². The van der Waals surface area contributed by atoms with Crippen LogP contribution >= 0.6 is 69.8 Å². The van der Waals surface area contributed by atoms with Gasteiger partial charge in [-0.15, -0.1) is 23.2 Å². The van der Waals surface area contributed by atoms with E-state index in [-0.39, 0.29) is 10.6 Å². The van der Waals surface area contributed by atoms with Crippen molar-refractivity contribution in [2.45, 2.75) is 15.1 Å². The summed E-state index contributed by atoms with van der Waals surface area (Å²) in [6.07, 6.45) is 0. The molecule has 1 aliphatic rings. The van der Waals surface area contributed by atoms with Crippen LogP contribution in [0.2, 0.25) is 15.1 Å². The summed E-state index contributed by atoms with van der Waals surface area (Å²) < 4.78 is -1.33. The van der Waals surface area contributed by atoms with Crippen LogP contribution in [0.15, 0.2) is 65.6 Å². The van der Waals surface area contributed by atoms with Crippen LogP contribution in [0.3, 0.4) is 0 Å². The Morgan fingerprint density at radius 2 is 1.51 bits per heavy atom. The van der Waals surface area contributed by atoms with E-state index in [1.165, 1.54) is 12.1 Å². The maximum absolute atomic E-state index is 13.0. The number of alkyl halides is 2. The zero-order valence-electron chi connectivity index (χ0n) is 17.5. The molecule has 0 unspecified atom stereocenters. The number of benzene rings is 3. The highest BCUT2D eigenvalue weighted by Gasteiger charge is 2.67. The summed E-state index contributed by atoms with van der Waals surface area (Å²) in [5.74, 6) is -2.14. The molecule has 3 aromatic rings. The van der Waals surface area contributed by atoms with E-state index in [1.807, 2.05) is 5.40 Å². The van der Waals surface area contributed by atoms with Gasteiger partial charge in [-0.1, -0.05) is 34.8 Å². The molecule has 178 valence electrons. The number of nitrogens with zero attached hydrogens (tertiary/aromatic N) is 1. The first-order valence-corrected chi connectivity index (χ1v) is 12.7. The Morgan fingerprint density at radius 1 is 0.886 bits per heavy atom. The minimum atomic E-state index is -1.33. The summed E-state index contributed by atoms with van der Waals surface area (Å²) in [5.41, 5.74) is 1.70. The summed E-state index contributed by atoms with van der Waals surface area (Å²) in [7, 11) is 0. The predicted molar refractivity (Wildman–Crippen MR) is 143 cm³/mol. The predicted octanol–water partition coefficient (Wildman–Crippen LogP) is 8.00. The summed E-state index contributed by atoms with van der Waals surface area (Å²) in [6.45, 7) is 0. The molecule has 2 N–H and O–H groups in total. The van der Waals surface area contributed by atoms with Crippen molar-refractivity contribution >= 4 is 93.0 Å². The van der Waals surface area contributed by atoms with Crippen molar-refractivity contribution in [3.8, 4) is 5.40 Å². The Morgan fingerprint density at radius 3 is 2.14 bits per heavy atom. The average molecular weight is 586 g/mol. The average Bonchev–Trinajstić information content (AvgIpc) is 3.38. The summed E-state index contributed by atoms with van der Waals surface area (Å²) in [6, 6.07) is 16.2. The van der Waals surface area contributed by atoms with Crippen molar-refractivity contribution in [2.24, 2.45) is 5.92 Å². The second kappa shape index (κ2) is 10.5. The van der Waals surface area contributed by atoms with Gasteiger partial charge in [-0.05, 0) is 78.0 Å². The van der Waals surface area contributed by atoms with Crippen LogP contribution in [0.25, 0.3) is 0 Å². The van der Waals surface area contributed by atoms with Crippen molar-refractivity contribution in [1.82, 2.24) is 0 Å². The first kappa shape index (κ1) is 26.0. The highest BCUT2D eigenvalue weighted by Crippen LogP contribution is 2.65. The van der Waals surface area contributed by atoms with Crippen LogP contribution in [0.1, 0.15) is 21.8 Å². The number of amides is 2. The molecule has 2 amide bonds. The Hall–Kier alpha value is -2.11. The molecule has 0 spiro atoms. The summed E-state index contributed by atoms with van der Waals surface area (Å²) >= 11 is 32.2. The quantitative estimate of drug-likeness (QED) is 0.174. The number of nitriles is 1. The van der Waals surface area contributed by atoms with Gasteiger partial charge in [-0.2, -0.15) is 5.26 Å². The second-order valence-corrected chi connectivity index (χ2v) is 11.3. The van der Waals surface area contributed by atoms with Gasteiger partial charge in [0.05, 0.1) is 16.5 Å². The van der Waals surface area contributed by atoms with Crippen molar-refractivity contribution in [1.29, 1.82) is 5.26 Å². The number of rotatable bonds is 6. The Labute approximate surface area is 230 Å². The van der Waals surface area contributed by atoms with Crippen molar-refractivity contribution in [2.75, 3.05) is 10.6 Å². The normalized spacial score (nSPS) is 17.8. The number of nitrogens with one attached hydrogen (secondary N) is 2. The maximum atomic E-state index is 13.0. The van der Waals surface area contributed by atoms with Gasteiger partial charge < -0.3 is 10.6 Å². The molecule has 35 heavy (non-hydrogen) atoms. The lowest BCUT2D eigenvalue weighted by Crippen LogP contribution is -2.18. The molecule has 0 radical (unpaired) electrons. The van der Waals surface area contributed by atoms with Crippen LogP contribution in [0, 0.1) is 16.6 Å². The van der Waals surface area contributed by atoms with Gasteiger partial charge in [0, 0.05) is 32.2 Å². The van der Waals surface area contributed by atoms with Gasteiger partial charge in [0.15, 0.2) is 0 Å². The standard InChI is InChI=1S/C24H14Cl5N3O2S/c25-13-7-12(8-14(26)9-13)20-21(24(20,28)29)23(34)32-16-3-6-19(27)18(10-16)22(33)31-15-1-4-17(5-2-15)35-11-30/h1-10,20-21H,(H,31,33)(H,32,34)/t20-,21+/m0/s1. The number of hydrogen-bond donors (Lipinski definition) is 2. The molecular formula is C24H14Cl5N3O2S. The third kappa shape index (κ3) is 5.83. The van der Waals surface area contributed by atoms with Crippen LogP contribution in [0.5, 0.6) is 0 Å². The van der Waals surface area contributed by atoms with Gasteiger partial charge in [-0.25, -0.2) is 0 Å². The summed E-state index contributed by atoms with van der Waals surface area (Å²) in [5, 5.41) is 17.2. The lowest BCUT2D eigenvalue weighted by molar-refractivity contribution is -0.117. The monoisotopic (exact) mass is 583 g/mol. The Balaban J connectivity index is 1.48. The number of carbonyl (C=O) groups excluding carboxylic acids is 2. The molecule has 0 heterocycles. The molecule has 5 nitrogen and oxygen atoms in total.